The zero-order valence-electron chi connectivity index (χ0n) is 12.7. The van der Waals surface area contributed by atoms with Crippen LogP contribution in [0.25, 0.3) is 0 Å². The van der Waals surface area contributed by atoms with Crippen LogP contribution < -0.4 is 10.5 Å². The van der Waals surface area contributed by atoms with Gasteiger partial charge in [-0.25, -0.2) is 0 Å². The molecule has 0 saturated carbocycles. The molecular weight excluding hydrogens is 268 g/mol. The van der Waals surface area contributed by atoms with Crippen LogP contribution in [0, 0.1) is 0 Å². The minimum atomic E-state index is 0.150. The van der Waals surface area contributed by atoms with Gasteiger partial charge in [0, 0.05) is 24.1 Å². The maximum Gasteiger partial charge on any atom is 0.264 e. The predicted octanol–water partition coefficient (Wildman–Crippen LogP) is 2.45. The lowest BCUT2D eigenvalue weighted by molar-refractivity contribution is 0.241. The summed E-state index contributed by atoms with van der Waals surface area (Å²) in [4.78, 5) is 8.59. The van der Waals surface area contributed by atoms with Gasteiger partial charge >= 0.3 is 0 Å². The lowest BCUT2D eigenvalue weighted by Crippen LogP contribution is -2.21. The Balaban J connectivity index is 1.88. The van der Waals surface area contributed by atoms with E-state index in [1.165, 1.54) is 0 Å². The Morgan fingerprint density at radius 3 is 2.71 bits per heavy atom. The molecule has 0 spiro atoms. The van der Waals surface area contributed by atoms with Gasteiger partial charge in [-0.3, -0.25) is 4.98 Å². The average molecular weight is 290 g/mol. The van der Waals surface area contributed by atoms with Crippen LogP contribution in [0.4, 0.5) is 0 Å². The predicted molar refractivity (Wildman–Crippen MR) is 78.9 cm³/mol. The second-order valence-corrected chi connectivity index (χ2v) is 5.35. The van der Waals surface area contributed by atoms with Crippen LogP contribution in [0.15, 0.2) is 22.9 Å². The average Bonchev–Trinajstić information content (AvgIpc) is 2.95. The van der Waals surface area contributed by atoms with Crippen molar-refractivity contribution in [1.29, 1.82) is 0 Å². The topological polar surface area (TPSA) is 87.1 Å². The molecule has 0 amide bonds. The van der Waals surface area contributed by atoms with Crippen LogP contribution >= 0.6 is 0 Å². The molecule has 1 atom stereocenters. The van der Waals surface area contributed by atoms with E-state index in [0.29, 0.717) is 17.5 Å². The van der Waals surface area contributed by atoms with E-state index in [0.717, 1.165) is 18.5 Å². The van der Waals surface area contributed by atoms with Crippen LogP contribution in [0.1, 0.15) is 50.5 Å². The summed E-state index contributed by atoms with van der Waals surface area (Å²) in [6.07, 6.45) is 3.41. The van der Waals surface area contributed by atoms with Crippen molar-refractivity contribution in [1.82, 2.24) is 15.1 Å². The number of hydrogen-bond acceptors (Lipinski definition) is 6. The van der Waals surface area contributed by atoms with Gasteiger partial charge in [0.15, 0.2) is 12.4 Å². The summed E-state index contributed by atoms with van der Waals surface area (Å²) in [7, 11) is 0. The first-order valence-corrected chi connectivity index (χ1v) is 7.24. The minimum absolute atomic E-state index is 0.150. The smallest absolute Gasteiger partial charge is 0.264 e. The van der Waals surface area contributed by atoms with Gasteiger partial charge in [0.05, 0.1) is 6.20 Å². The SMILES string of the molecule is CCC(N)Cc1ccc(OCc2nc(C(C)C)no2)cn1. The standard InChI is InChI=1S/C15H22N4O2/c1-4-11(16)7-12-5-6-13(8-17-12)20-9-14-18-15(10(2)3)19-21-14/h5-6,8,10-11H,4,7,9,16H2,1-3H3. The van der Waals surface area contributed by atoms with Gasteiger partial charge < -0.3 is 15.0 Å². The Hall–Kier alpha value is -1.95. The summed E-state index contributed by atoms with van der Waals surface area (Å²) >= 11 is 0. The molecular formula is C15H22N4O2. The number of nitrogens with two attached hydrogens (primary N) is 1. The molecule has 1 unspecified atom stereocenters. The van der Waals surface area contributed by atoms with Crippen LogP contribution in [0.5, 0.6) is 5.75 Å². The largest absolute Gasteiger partial charge is 0.482 e. The number of rotatable bonds is 7. The number of nitrogens with zero attached hydrogens (tertiary/aromatic N) is 3. The molecule has 0 fully saturated rings. The summed E-state index contributed by atoms with van der Waals surface area (Å²) < 4.78 is 10.7. The molecule has 0 radical (unpaired) electrons. The van der Waals surface area contributed by atoms with Gasteiger partial charge in [0.25, 0.3) is 5.89 Å². The Morgan fingerprint density at radius 2 is 2.14 bits per heavy atom. The summed E-state index contributed by atoms with van der Waals surface area (Å²) in [5.41, 5.74) is 6.87. The third-order valence-corrected chi connectivity index (χ3v) is 3.16. The monoisotopic (exact) mass is 290 g/mol. The second kappa shape index (κ2) is 7.17. The first-order chi connectivity index (χ1) is 10.1. The molecule has 2 N–H and O–H groups in total. The molecule has 6 heteroatoms. The molecule has 6 nitrogen and oxygen atoms in total. The molecule has 0 aliphatic carbocycles. The quantitative estimate of drug-likeness (QED) is 0.842. The molecule has 2 aromatic heterocycles. The number of aromatic nitrogens is 3. The lowest BCUT2D eigenvalue weighted by atomic mass is 10.1. The highest BCUT2D eigenvalue weighted by Gasteiger charge is 2.10. The van der Waals surface area contributed by atoms with Crippen molar-refractivity contribution in [3.05, 3.63) is 35.7 Å². The Bertz CT molecular complexity index is 551. The highest BCUT2D eigenvalue weighted by molar-refractivity contribution is 5.20. The molecule has 0 saturated heterocycles. The Morgan fingerprint density at radius 1 is 1.33 bits per heavy atom. The Kier molecular flexibility index (Phi) is 5.27. The van der Waals surface area contributed by atoms with Crippen LogP contribution in [-0.4, -0.2) is 21.2 Å². The van der Waals surface area contributed by atoms with Crippen molar-refractivity contribution in [3.8, 4) is 5.75 Å². The van der Waals surface area contributed by atoms with Gasteiger partial charge in [-0.2, -0.15) is 4.98 Å². The fourth-order valence-electron chi connectivity index (χ4n) is 1.74. The normalized spacial score (nSPS) is 12.6. The van der Waals surface area contributed by atoms with Gasteiger partial charge in [0.2, 0.25) is 0 Å². The molecule has 0 aromatic carbocycles. The summed E-state index contributed by atoms with van der Waals surface area (Å²) in [6, 6.07) is 3.96. The second-order valence-electron chi connectivity index (χ2n) is 5.35. The van der Waals surface area contributed by atoms with Crippen molar-refractivity contribution < 1.29 is 9.26 Å². The minimum Gasteiger partial charge on any atom is -0.482 e. The van der Waals surface area contributed by atoms with E-state index in [9.17, 15) is 0 Å². The molecule has 0 aliphatic heterocycles. The van der Waals surface area contributed by atoms with Gasteiger partial charge in [-0.1, -0.05) is 25.9 Å². The van der Waals surface area contributed by atoms with E-state index >= 15 is 0 Å². The van der Waals surface area contributed by atoms with Crippen molar-refractivity contribution in [3.63, 3.8) is 0 Å². The molecule has 2 heterocycles. The molecule has 0 aliphatic rings. The van der Waals surface area contributed by atoms with E-state index in [2.05, 4.69) is 22.0 Å². The number of pyridine rings is 1. The fraction of sp³-hybridized carbons (Fsp3) is 0.533. The van der Waals surface area contributed by atoms with Crippen LogP contribution in [0.3, 0.4) is 0 Å². The molecule has 21 heavy (non-hydrogen) atoms. The third-order valence-electron chi connectivity index (χ3n) is 3.16. The lowest BCUT2D eigenvalue weighted by Gasteiger charge is -2.08. The maximum atomic E-state index is 5.91. The zero-order chi connectivity index (χ0) is 15.2. The molecule has 2 aromatic rings. The van der Waals surface area contributed by atoms with Crippen molar-refractivity contribution in [2.45, 2.75) is 52.2 Å². The van der Waals surface area contributed by atoms with Crippen molar-refractivity contribution >= 4 is 0 Å². The summed E-state index contributed by atoms with van der Waals surface area (Å²) in [5, 5.41) is 3.89. The zero-order valence-corrected chi connectivity index (χ0v) is 12.7. The molecule has 114 valence electrons. The maximum absolute atomic E-state index is 5.91. The van der Waals surface area contributed by atoms with Gasteiger partial charge in [-0.15, -0.1) is 0 Å². The fourth-order valence-corrected chi connectivity index (χ4v) is 1.74. The van der Waals surface area contributed by atoms with Crippen molar-refractivity contribution in [2.75, 3.05) is 0 Å². The first kappa shape index (κ1) is 15.4. The van der Waals surface area contributed by atoms with Crippen molar-refractivity contribution in [2.24, 2.45) is 5.73 Å². The van der Waals surface area contributed by atoms with Gasteiger partial charge in [0.1, 0.15) is 5.75 Å². The Labute approximate surface area is 124 Å². The van der Waals surface area contributed by atoms with E-state index in [-0.39, 0.29) is 18.6 Å². The third kappa shape index (κ3) is 4.53. The van der Waals surface area contributed by atoms with Crippen LogP contribution in [-0.2, 0) is 13.0 Å². The van der Waals surface area contributed by atoms with E-state index in [1.54, 1.807) is 6.20 Å². The molecule has 2 rings (SSSR count). The van der Waals surface area contributed by atoms with Gasteiger partial charge in [-0.05, 0) is 18.6 Å². The number of hydrogen-bond donors (Lipinski definition) is 1. The van der Waals surface area contributed by atoms with Crippen LogP contribution in [0.2, 0.25) is 0 Å². The first-order valence-electron chi connectivity index (χ1n) is 7.24. The van der Waals surface area contributed by atoms with E-state index < -0.39 is 0 Å². The van der Waals surface area contributed by atoms with E-state index in [1.807, 2.05) is 26.0 Å². The number of ether oxygens (including phenoxy) is 1. The van der Waals surface area contributed by atoms with E-state index in [4.69, 9.17) is 15.0 Å². The highest BCUT2D eigenvalue weighted by atomic mass is 16.5. The summed E-state index contributed by atoms with van der Waals surface area (Å²) in [5.74, 6) is 2.07. The summed E-state index contributed by atoms with van der Waals surface area (Å²) in [6.45, 7) is 6.34. The highest BCUT2D eigenvalue weighted by Crippen LogP contribution is 2.14. The molecule has 0 bridgehead atoms.